The summed E-state index contributed by atoms with van der Waals surface area (Å²) in [6, 6.07) is 13.3. The molecular weight excluding hydrogens is 412 g/mol. The monoisotopic (exact) mass is 436 g/mol. The minimum absolute atomic E-state index is 0.0698. The number of nitriles is 1. The summed E-state index contributed by atoms with van der Waals surface area (Å²) in [5.74, 6) is 0.126. The number of thiophene rings is 1. The van der Waals surface area contributed by atoms with Crippen LogP contribution in [0.3, 0.4) is 0 Å². The highest BCUT2D eigenvalue weighted by Gasteiger charge is 2.16. The Labute approximate surface area is 184 Å². The van der Waals surface area contributed by atoms with Gasteiger partial charge in [0.05, 0.1) is 11.4 Å². The zero-order valence-corrected chi connectivity index (χ0v) is 17.8. The fourth-order valence-corrected chi connectivity index (χ4v) is 3.70. The molecule has 2 aromatic heterocycles. The van der Waals surface area contributed by atoms with E-state index in [9.17, 15) is 14.9 Å². The van der Waals surface area contributed by atoms with Crippen LogP contribution in [0, 0.1) is 11.3 Å². The van der Waals surface area contributed by atoms with Gasteiger partial charge in [0.25, 0.3) is 5.91 Å². The first kappa shape index (κ1) is 22.1. The molecule has 0 saturated heterocycles. The van der Waals surface area contributed by atoms with Gasteiger partial charge in [-0.2, -0.15) is 21.7 Å². The van der Waals surface area contributed by atoms with Crippen molar-refractivity contribution in [2.75, 3.05) is 18.8 Å². The van der Waals surface area contributed by atoms with Gasteiger partial charge in [0.1, 0.15) is 17.5 Å². The molecule has 3 aromatic rings. The molecule has 31 heavy (non-hydrogen) atoms. The zero-order valence-electron chi connectivity index (χ0n) is 17.0. The smallest absolute Gasteiger partial charge is 0.252 e. The summed E-state index contributed by atoms with van der Waals surface area (Å²) in [5.41, 5.74) is 8.52. The van der Waals surface area contributed by atoms with Crippen LogP contribution in [0.4, 0.5) is 5.82 Å². The molecule has 0 fully saturated rings. The van der Waals surface area contributed by atoms with Gasteiger partial charge < -0.3 is 16.4 Å². The molecule has 0 aliphatic rings. The Morgan fingerprint density at radius 2 is 1.90 bits per heavy atom. The lowest BCUT2D eigenvalue weighted by Crippen LogP contribution is -2.28. The largest absolute Gasteiger partial charge is 0.382 e. The first-order valence-corrected chi connectivity index (χ1v) is 10.9. The molecule has 2 amide bonds. The third-order valence-corrected chi connectivity index (χ3v) is 5.35. The minimum Gasteiger partial charge on any atom is -0.382 e. The van der Waals surface area contributed by atoms with Crippen LogP contribution in [-0.4, -0.2) is 34.7 Å². The number of nitrogens with two attached hydrogens (primary N) is 1. The van der Waals surface area contributed by atoms with Crippen LogP contribution >= 0.6 is 11.3 Å². The number of aromatic nitrogens is 2. The van der Waals surface area contributed by atoms with Crippen LogP contribution in [0.2, 0.25) is 0 Å². The molecule has 0 unspecified atom stereocenters. The van der Waals surface area contributed by atoms with Crippen LogP contribution in [0.25, 0.3) is 5.69 Å². The van der Waals surface area contributed by atoms with Crippen molar-refractivity contribution in [2.24, 2.45) is 0 Å². The Morgan fingerprint density at radius 3 is 2.61 bits per heavy atom. The molecule has 0 radical (unpaired) electrons. The lowest BCUT2D eigenvalue weighted by molar-refractivity contribution is -0.121. The molecule has 0 atom stereocenters. The lowest BCUT2D eigenvalue weighted by Gasteiger charge is -2.06. The van der Waals surface area contributed by atoms with Gasteiger partial charge >= 0.3 is 0 Å². The molecule has 0 aliphatic carbocycles. The highest BCUT2D eigenvalue weighted by molar-refractivity contribution is 7.08. The third-order valence-electron chi connectivity index (χ3n) is 4.67. The molecule has 1 aromatic carbocycles. The maximum atomic E-state index is 12.0. The van der Waals surface area contributed by atoms with Gasteiger partial charge in [-0.15, -0.1) is 0 Å². The number of amides is 2. The second kappa shape index (κ2) is 10.9. The average Bonchev–Trinajstić information content (AvgIpc) is 3.43. The van der Waals surface area contributed by atoms with E-state index in [4.69, 9.17) is 5.73 Å². The second-order valence-corrected chi connectivity index (χ2v) is 7.67. The third kappa shape index (κ3) is 5.93. The van der Waals surface area contributed by atoms with Crippen LogP contribution < -0.4 is 16.4 Å². The number of carbonyl (C=O) groups is 2. The van der Waals surface area contributed by atoms with E-state index in [1.54, 1.807) is 16.1 Å². The SMILES string of the molecule is N#Cc1c(CCCNC(=O)CCCNC(=O)c2ccsc2)nn(-c2ccccc2)c1N. The molecule has 2 heterocycles. The Hall–Kier alpha value is -3.64. The maximum Gasteiger partial charge on any atom is 0.252 e. The summed E-state index contributed by atoms with van der Waals surface area (Å²) in [4.78, 5) is 23.8. The van der Waals surface area contributed by atoms with Crippen LogP contribution in [-0.2, 0) is 11.2 Å². The summed E-state index contributed by atoms with van der Waals surface area (Å²) in [6.45, 7) is 0.924. The molecule has 9 heteroatoms. The molecule has 0 aliphatic heterocycles. The van der Waals surface area contributed by atoms with E-state index in [1.165, 1.54) is 11.3 Å². The van der Waals surface area contributed by atoms with Gasteiger partial charge in [-0.25, -0.2) is 4.68 Å². The van der Waals surface area contributed by atoms with Gasteiger partial charge in [0, 0.05) is 30.5 Å². The lowest BCUT2D eigenvalue weighted by atomic mass is 10.1. The van der Waals surface area contributed by atoms with E-state index >= 15 is 0 Å². The summed E-state index contributed by atoms with van der Waals surface area (Å²) < 4.78 is 1.57. The normalized spacial score (nSPS) is 10.4. The summed E-state index contributed by atoms with van der Waals surface area (Å²) in [5, 5.41) is 23.2. The van der Waals surface area contributed by atoms with Crippen molar-refractivity contribution in [1.82, 2.24) is 20.4 Å². The van der Waals surface area contributed by atoms with E-state index in [-0.39, 0.29) is 11.8 Å². The molecule has 0 saturated carbocycles. The molecular formula is C22H24N6O2S. The van der Waals surface area contributed by atoms with Crippen molar-refractivity contribution in [3.63, 3.8) is 0 Å². The number of carbonyl (C=O) groups excluding carboxylic acids is 2. The summed E-state index contributed by atoms with van der Waals surface area (Å²) >= 11 is 1.47. The fraction of sp³-hybridized carbons (Fsp3) is 0.273. The average molecular weight is 437 g/mol. The number of hydrogen-bond donors (Lipinski definition) is 3. The number of anilines is 1. The Bertz CT molecular complexity index is 1050. The number of rotatable bonds is 10. The number of nitrogens with one attached hydrogen (secondary N) is 2. The minimum atomic E-state index is -0.121. The van der Waals surface area contributed by atoms with Crippen molar-refractivity contribution in [3.05, 3.63) is 64.0 Å². The summed E-state index contributed by atoms with van der Waals surface area (Å²) in [7, 11) is 0. The van der Waals surface area contributed by atoms with Crippen molar-refractivity contribution in [3.8, 4) is 11.8 Å². The van der Waals surface area contributed by atoms with Crippen molar-refractivity contribution < 1.29 is 9.59 Å². The van der Waals surface area contributed by atoms with E-state index in [1.807, 2.05) is 35.7 Å². The Kier molecular flexibility index (Phi) is 7.79. The first-order chi connectivity index (χ1) is 15.1. The number of hydrogen-bond acceptors (Lipinski definition) is 6. The number of aryl methyl sites for hydroxylation is 1. The molecule has 3 rings (SSSR count). The molecule has 8 nitrogen and oxygen atoms in total. The standard InChI is InChI=1S/C22H24N6O2S/c23-14-18-19(27-28(21(18)24)17-6-2-1-3-7-17)8-4-11-25-20(29)9-5-12-26-22(30)16-10-13-31-15-16/h1-3,6-7,10,13,15H,4-5,8-9,11-12,24H2,(H,25,29)(H,26,30). The molecule has 0 bridgehead atoms. The van der Waals surface area contributed by atoms with Crippen molar-refractivity contribution in [2.45, 2.75) is 25.7 Å². The predicted molar refractivity (Wildman–Crippen MR) is 120 cm³/mol. The van der Waals surface area contributed by atoms with E-state index in [2.05, 4.69) is 21.8 Å². The van der Waals surface area contributed by atoms with Crippen molar-refractivity contribution in [1.29, 1.82) is 5.26 Å². The zero-order chi connectivity index (χ0) is 22.1. The van der Waals surface area contributed by atoms with Crippen molar-refractivity contribution >= 4 is 29.0 Å². The van der Waals surface area contributed by atoms with E-state index < -0.39 is 0 Å². The number of nitrogens with zero attached hydrogens (tertiary/aromatic N) is 3. The van der Waals surface area contributed by atoms with Crippen LogP contribution in [0.15, 0.2) is 47.2 Å². The quantitative estimate of drug-likeness (QED) is 0.421. The molecule has 160 valence electrons. The van der Waals surface area contributed by atoms with Crippen LogP contribution in [0.1, 0.15) is 40.9 Å². The topological polar surface area (TPSA) is 126 Å². The summed E-state index contributed by atoms with van der Waals surface area (Å²) in [6.07, 6.45) is 2.08. The number of para-hydroxylation sites is 1. The van der Waals surface area contributed by atoms with Gasteiger partial charge in [-0.05, 0) is 42.8 Å². The second-order valence-electron chi connectivity index (χ2n) is 6.89. The Balaban J connectivity index is 1.39. The van der Waals surface area contributed by atoms with Gasteiger partial charge in [-0.1, -0.05) is 18.2 Å². The predicted octanol–water partition coefficient (Wildman–Crippen LogP) is 2.65. The molecule has 4 N–H and O–H groups in total. The number of nitrogen functional groups attached to an aromatic ring is 1. The molecule has 0 spiro atoms. The van der Waals surface area contributed by atoms with E-state index in [0.717, 1.165) is 5.69 Å². The van der Waals surface area contributed by atoms with Gasteiger partial charge in [0.2, 0.25) is 5.91 Å². The number of benzene rings is 1. The van der Waals surface area contributed by atoms with Crippen LogP contribution in [0.5, 0.6) is 0 Å². The maximum absolute atomic E-state index is 12.0. The highest BCUT2D eigenvalue weighted by Crippen LogP contribution is 2.21. The Morgan fingerprint density at radius 1 is 1.13 bits per heavy atom. The highest BCUT2D eigenvalue weighted by atomic mass is 32.1. The fourth-order valence-electron chi connectivity index (χ4n) is 3.06. The first-order valence-electron chi connectivity index (χ1n) is 10.00. The van der Waals surface area contributed by atoms with Gasteiger partial charge in [0.15, 0.2) is 0 Å². The van der Waals surface area contributed by atoms with Gasteiger partial charge in [-0.3, -0.25) is 9.59 Å². The van der Waals surface area contributed by atoms with E-state index in [0.29, 0.717) is 61.4 Å².